The monoisotopic (exact) mass is 687 g/mol. The molecule has 0 aliphatic carbocycles. The van der Waals surface area contributed by atoms with Crippen molar-refractivity contribution in [2.45, 2.75) is 0 Å². The molecule has 1 heterocycles. The Morgan fingerprint density at radius 2 is 0.981 bits per heavy atom. The molecule has 252 valence electrons. The van der Waals surface area contributed by atoms with Crippen LogP contribution in [0.15, 0.2) is 205 Å². The standard InChI is InChI=1S/C52H33NO/c1-2-12-34(13-3-1)37-18-10-19-42(30-37)53(48-22-11-23-49-52(48)47-31-38-15-4-5-16-39(38)33-50(47)54-49)41-27-24-36(25-28-41)46-32-40-17-7-9-21-44(40)51-43-20-8-6-14-35(43)26-29-45(46)51/h1-33H. The van der Waals surface area contributed by atoms with Crippen LogP contribution >= 0.6 is 0 Å². The number of benzene rings is 10. The Morgan fingerprint density at radius 1 is 0.315 bits per heavy atom. The van der Waals surface area contributed by atoms with Crippen molar-refractivity contribution in [3.8, 4) is 22.3 Å². The SMILES string of the molecule is c1ccc(-c2cccc(N(c3ccc(-c4cc5ccccc5c5c4ccc4ccccc45)cc3)c3cccc4oc5cc6ccccc6cc5c34)c2)cc1. The van der Waals surface area contributed by atoms with Crippen molar-refractivity contribution in [1.29, 1.82) is 0 Å². The van der Waals surface area contributed by atoms with Gasteiger partial charge in [-0.3, -0.25) is 0 Å². The molecular weight excluding hydrogens is 655 g/mol. The number of hydrogen-bond donors (Lipinski definition) is 0. The highest BCUT2D eigenvalue weighted by Gasteiger charge is 2.21. The fourth-order valence-electron chi connectivity index (χ4n) is 8.46. The Labute approximate surface area is 312 Å². The van der Waals surface area contributed by atoms with Gasteiger partial charge in [0.15, 0.2) is 0 Å². The molecule has 2 heteroatoms. The van der Waals surface area contributed by atoms with E-state index in [4.69, 9.17) is 4.42 Å². The van der Waals surface area contributed by atoms with Crippen LogP contribution in [0.3, 0.4) is 0 Å². The zero-order valence-corrected chi connectivity index (χ0v) is 29.4. The summed E-state index contributed by atoms with van der Waals surface area (Å²) < 4.78 is 6.57. The molecule has 0 bridgehead atoms. The van der Waals surface area contributed by atoms with E-state index in [-0.39, 0.29) is 0 Å². The molecule has 0 radical (unpaired) electrons. The molecule has 10 aromatic carbocycles. The lowest BCUT2D eigenvalue weighted by molar-refractivity contribution is 0.669. The van der Waals surface area contributed by atoms with Crippen LogP contribution in [-0.4, -0.2) is 0 Å². The molecule has 54 heavy (non-hydrogen) atoms. The third kappa shape index (κ3) is 4.88. The minimum atomic E-state index is 0.869. The number of hydrogen-bond acceptors (Lipinski definition) is 2. The van der Waals surface area contributed by atoms with Crippen LogP contribution in [0.1, 0.15) is 0 Å². The quantitative estimate of drug-likeness (QED) is 0.168. The van der Waals surface area contributed by atoms with Crippen molar-refractivity contribution in [2.75, 3.05) is 4.90 Å². The van der Waals surface area contributed by atoms with Gasteiger partial charge in [0.2, 0.25) is 0 Å². The van der Waals surface area contributed by atoms with Crippen LogP contribution < -0.4 is 4.90 Å². The molecule has 0 spiro atoms. The summed E-state index contributed by atoms with van der Waals surface area (Å²) in [6, 6.07) is 72.3. The molecule has 0 saturated heterocycles. The van der Waals surface area contributed by atoms with Gasteiger partial charge in [-0.05, 0) is 120 Å². The molecule has 0 N–H and O–H groups in total. The van der Waals surface area contributed by atoms with Crippen LogP contribution in [-0.2, 0) is 0 Å². The second kappa shape index (κ2) is 12.2. The van der Waals surface area contributed by atoms with Gasteiger partial charge in [-0.2, -0.15) is 0 Å². The van der Waals surface area contributed by atoms with Gasteiger partial charge in [0.1, 0.15) is 11.2 Å². The number of nitrogens with zero attached hydrogens (tertiary/aromatic N) is 1. The van der Waals surface area contributed by atoms with E-state index in [1.54, 1.807) is 0 Å². The first-order chi connectivity index (χ1) is 26.8. The third-order valence-corrected chi connectivity index (χ3v) is 11.0. The molecule has 0 aliphatic rings. The predicted octanol–water partition coefficient (Wildman–Crippen LogP) is 15.0. The highest BCUT2D eigenvalue weighted by Crippen LogP contribution is 2.45. The van der Waals surface area contributed by atoms with Gasteiger partial charge >= 0.3 is 0 Å². The minimum Gasteiger partial charge on any atom is -0.456 e. The van der Waals surface area contributed by atoms with E-state index in [0.717, 1.165) is 39.0 Å². The average Bonchev–Trinajstić information content (AvgIpc) is 3.61. The topological polar surface area (TPSA) is 16.4 Å². The molecule has 2 nitrogen and oxygen atoms in total. The minimum absolute atomic E-state index is 0.869. The smallest absolute Gasteiger partial charge is 0.137 e. The lowest BCUT2D eigenvalue weighted by Crippen LogP contribution is -2.10. The summed E-state index contributed by atoms with van der Waals surface area (Å²) in [7, 11) is 0. The Hall–Kier alpha value is -7.16. The van der Waals surface area contributed by atoms with E-state index in [0.29, 0.717) is 0 Å². The molecule has 11 rings (SSSR count). The van der Waals surface area contributed by atoms with Crippen LogP contribution in [0, 0.1) is 0 Å². The van der Waals surface area contributed by atoms with Crippen LogP contribution in [0.4, 0.5) is 17.1 Å². The molecule has 0 amide bonds. The summed E-state index contributed by atoms with van der Waals surface area (Å²) in [5.74, 6) is 0. The number of anilines is 3. The normalized spacial score (nSPS) is 11.7. The second-order valence-corrected chi connectivity index (χ2v) is 14.1. The van der Waals surface area contributed by atoms with Crippen molar-refractivity contribution in [3.05, 3.63) is 200 Å². The van der Waals surface area contributed by atoms with Gasteiger partial charge in [0, 0.05) is 16.8 Å². The van der Waals surface area contributed by atoms with Gasteiger partial charge in [-0.1, -0.05) is 146 Å². The Bertz CT molecular complexity index is 3200. The fraction of sp³-hybridized carbons (Fsp3) is 0. The van der Waals surface area contributed by atoms with Crippen molar-refractivity contribution in [3.63, 3.8) is 0 Å². The maximum atomic E-state index is 6.57. The number of furan rings is 1. The van der Waals surface area contributed by atoms with Crippen LogP contribution in [0.5, 0.6) is 0 Å². The van der Waals surface area contributed by atoms with E-state index >= 15 is 0 Å². The van der Waals surface area contributed by atoms with Gasteiger partial charge in [0.05, 0.1) is 11.1 Å². The molecule has 1 aromatic heterocycles. The summed E-state index contributed by atoms with van der Waals surface area (Å²) in [4.78, 5) is 2.38. The van der Waals surface area contributed by atoms with Crippen molar-refractivity contribution >= 4 is 82.1 Å². The largest absolute Gasteiger partial charge is 0.456 e. The summed E-state index contributed by atoms with van der Waals surface area (Å²) >= 11 is 0. The molecular formula is C52H33NO. The van der Waals surface area contributed by atoms with E-state index in [1.165, 1.54) is 65.3 Å². The first kappa shape index (κ1) is 30.5. The lowest BCUT2D eigenvalue weighted by atomic mass is 9.90. The van der Waals surface area contributed by atoms with Gasteiger partial charge in [-0.25, -0.2) is 0 Å². The maximum absolute atomic E-state index is 6.57. The van der Waals surface area contributed by atoms with Gasteiger partial charge in [0.25, 0.3) is 0 Å². The summed E-state index contributed by atoms with van der Waals surface area (Å²) in [6.45, 7) is 0. The first-order valence-corrected chi connectivity index (χ1v) is 18.5. The zero-order valence-electron chi connectivity index (χ0n) is 29.4. The van der Waals surface area contributed by atoms with Crippen molar-refractivity contribution < 1.29 is 4.42 Å². The maximum Gasteiger partial charge on any atom is 0.137 e. The first-order valence-electron chi connectivity index (χ1n) is 18.5. The number of fused-ring (bicyclic) bond motifs is 9. The Morgan fingerprint density at radius 3 is 1.80 bits per heavy atom. The predicted molar refractivity (Wildman–Crippen MR) is 229 cm³/mol. The molecule has 0 saturated carbocycles. The highest BCUT2D eigenvalue weighted by atomic mass is 16.3. The summed E-state index contributed by atoms with van der Waals surface area (Å²) in [6.07, 6.45) is 0. The second-order valence-electron chi connectivity index (χ2n) is 14.1. The Kier molecular flexibility index (Phi) is 6.90. The average molecular weight is 688 g/mol. The Balaban J connectivity index is 1.13. The van der Waals surface area contributed by atoms with Crippen LogP contribution in [0.2, 0.25) is 0 Å². The van der Waals surface area contributed by atoms with E-state index in [2.05, 4.69) is 205 Å². The molecule has 0 aliphatic heterocycles. The molecule has 0 unspecified atom stereocenters. The van der Waals surface area contributed by atoms with Crippen molar-refractivity contribution in [2.24, 2.45) is 0 Å². The lowest BCUT2D eigenvalue weighted by Gasteiger charge is -2.27. The van der Waals surface area contributed by atoms with E-state index in [1.807, 2.05) is 0 Å². The van der Waals surface area contributed by atoms with E-state index < -0.39 is 0 Å². The summed E-state index contributed by atoms with van der Waals surface area (Å²) in [5, 5.41) is 12.2. The highest BCUT2D eigenvalue weighted by molar-refractivity contribution is 6.24. The molecule has 11 aromatic rings. The summed E-state index contributed by atoms with van der Waals surface area (Å²) in [5.41, 5.74) is 9.74. The molecule has 0 atom stereocenters. The third-order valence-electron chi connectivity index (χ3n) is 11.0. The van der Waals surface area contributed by atoms with Crippen molar-refractivity contribution in [1.82, 2.24) is 0 Å². The zero-order chi connectivity index (χ0) is 35.6. The molecule has 0 fully saturated rings. The van der Waals surface area contributed by atoms with Gasteiger partial charge in [-0.15, -0.1) is 0 Å². The fourth-order valence-corrected chi connectivity index (χ4v) is 8.46. The van der Waals surface area contributed by atoms with E-state index in [9.17, 15) is 0 Å². The van der Waals surface area contributed by atoms with Crippen LogP contribution in [0.25, 0.3) is 87.3 Å². The van der Waals surface area contributed by atoms with Gasteiger partial charge < -0.3 is 9.32 Å². The number of rotatable bonds is 5.